The molecule has 0 aromatic carbocycles. The Hall–Kier alpha value is -3.16. The van der Waals surface area contributed by atoms with E-state index in [1.807, 2.05) is 6.07 Å². The predicted octanol–water partition coefficient (Wildman–Crippen LogP) is 2.81. The molecule has 1 amide bonds. The van der Waals surface area contributed by atoms with Crippen molar-refractivity contribution in [3.63, 3.8) is 0 Å². The van der Waals surface area contributed by atoms with E-state index in [0.717, 1.165) is 48.2 Å². The highest BCUT2D eigenvalue weighted by atomic mass is 19.1. The quantitative estimate of drug-likeness (QED) is 0.646. The Morgan fingerprint density at radius 1 is 1.18 bits per heavy atom. The lowest BCUT2D eigenvalue weighted by Crippen LogP contribution is -2.47. The first-order valence-corrected chi connectivity index (χ1v) is 9.52. The van der Waals surface area contributed by atoms with E-state index in [0.29, 0.717) is 17.6 Å². The van der Waals surface area contributed by atoms with Crippen LogP contribution in [-0.4, -0.2) is 39.0 Å². The van der Waals surface area contributed by atoms with Gasteiger partial charge < -0.3 is 20.9 Å². The lowest BCUT2D eigenvalue weighted by molar-refractivity contribution is 0.100. The SMILES string of the molecule is NC(=O)c1cnc2[nH]ccc2c1NC1C[C@H]2CC[C@@H](C1)N2c1ccc(F)cn1. The summed E-state index contributed by atoms with van der Waals surface area (Å²) < 4.78 is 13.2. The van der Waals surface area contributed by atoms with Crippen molar-refractivity contribution in [2.75, 3.05) is 10.2 Å². The molecule has 0 saturated carbocycles. The van der Waals surface area contributed by atoms with Crippen LogP contribution in [0.25, 0.3) is 11.0 Å². The average Bonchev–Trinajstić information content (AvgIpc) is 3.25. The van der Waals surface area contributed by atoms with E-state index in [4.69, 9.17) is 5.73 Å². The van der Waals surface area contributed by atoms with Crippen LogP contribution in [0.4, 0.5) is 15.9 Å². The smallest absolute Gasteiger partial charge is 0.252 e. The van der Waals surface area contributed by atoms with Crippen LogP contribution in [0.15, 0.2) is 36.8 Å². The third-order valence-corrected chi connectivity index (χ3v) is 5.91. The van der Waals surface area contributed by atoms with Crippen molar-refractivity contribution >= 4 is 28.4 Å². The van der Waals surface area contributed by atoms with Crippen molar-refractivity contribution < 1.29 is 9.18 Å². The number of nitrogens with zero attached hydrogens (tertiary/aromatic N) is 3. The monoisotopic (exact) mass is 380 g/mol. The van der Waals surface area contributed by atoms with Crippen molar-refractivity contribution in [2.45, 2.75) is 43.8 Å². The number of aromatic nitrogens is 3. The maximum atomic E-state index is 13.2. The van der Waals surface area contributed by atoms with Gasteiger partial charge in [-0.25, -0.2) is 14.4 Å². The van der Waals surface area contributed by atoms with Gasteiger partial charge in [0.2, 0.25) is 0 Å². The average molecular weight is 380 g/mol. The molecule has 2 aliphatic heterocycles. The van der Waals surface area contributed by atoms with Crippen LogP contribution in [0, 0.1) is 5.82 Å². The van der Waals surface area contributed by atoms with Crippen molar-refractivity contribution in [1.82, 2.24) is 15.0 Å². The van der Waals surface area contributed by atoms with Gasteiger partial charge in [0.1, 0.15) is 17.3 Å². The van der Waals surface area contributed by atoms with E-state index in [9.17, 15) is 9.18 Å². The van der Waals surface area contributed by atoms with Crippen LogP contribution in [0.1, 0.15) is 36.0 Å². The Morgan fingerprint density at radius 2 is 1.96 bits per heavy atom. The van der Waals surface area contributed by atoms with Gasteiger partial charge in [-0.2, -0.15) is 0 Å². The van der Waals surface area contributed by atoms with Gasteiger partial charge in [-0.1, -0.05) is 0 Å². The summed E-state index contributed by atoms with van der Waals surface area (Å²) in [4.78, 5) is 25.9. The molecule has 2 aliphatic rings. The summed E-state index contributed by atoms with van der Waals surface area (Å²) in [6.07, 6.45) is 8.61. The molecule has 28 heavy (non-hydrogen) atoms. The van der Waals surface area contributed by atoms with Crippen molar-refractivity contribution in [3.05, 3.63) is 48.2 Å². The molecule has 2 fully saturated rings. The molecule has 1 unspecified atom stereocenters. The maximum Gasteiger partial charge on any atom is 0.252 e. The highest BCUT2D eigenvalue weighted by Crippen LogP contribution is 2.40. The molecule has 2 saturated heterocycles. The number of carbonyl (C=O) groups excluding carboxylic acids is 1. The Kier molecular flexibility index (Phi) is 3.92. The minimum Gasteiger partial charge on any atom is -0.381 e. The number of hydrogen-bond acceptors (Lipinski definition) is 5. The fraction of sp³-hybridized carbons (Fsp3) is 0.350. The van der Waals surface area contributed by atoms with Crippen molar-refractivity contribution in [1.29, 1.82) is 0 Å². The highest BCUT2D eigenvalue weighted by molar-refractivity contribution is 6.06. The van der Waals surface area contributed by atoms with E-state index in [1.165, 1.54) is 18.5 Å². The summed E-state index contributed by atoms with van der Waals surface area (Å²) in [5.74, 6) is 0.0240. The standard InChI is InChI=1S/C20H21FN6O/c21-11-1-4-17(24-9-11)27-13-2-3-14(27)8-12(7-13)26-18-15-5-6-23-20(15)25-10-16(18)19(22)28/h1,4-6,9-10,12-14H,2-3,7-8H2,(H2,22,28)(H2,23,25,26)/t12?,13-,14+. The number of aromatic amines is 1. The highest BCUT2D eigenvalue weighted by Gasteiger charge is 2.41. The number of primary amides is 1. The third kappa shape index (κ3) is 2.76. The second-order valence-electron chi connectivity index (χ2n) is 7.59. The van der Waals surface area contributed by atoms with E-state index in [-0.39, 0.29) is 11.9 Å². The fourth-order valence-corrected chi connectivity index (χ4v) is 4.74. The first kappa shape index (κ1) is 17.0. The van der Waals surface area contributed by atoms with E-state index < -0.39 is 5.91 Å². The Labute approximate surface area is 161 Å². The van der Waals surface area contributed by atoms with Crippen LogP contribution in [-0.2, 0) is 0 Å². The number of piperidine rings is 1. The number of fused-ring (bicyclic) bond motifs is 3. The number of pyridine rings is 2. The molecule has 0 aliphatic carbocycles. The molecule has 3 aromatic rings. The number of nitrogens with two attached hydrogens (primary N) is 1. The molecule has 3 atom stereocenters. The van der Waals surface area contributed by atoms with E-state index in [2.05, 4.69) is 25.2 Å². The maximum absolute atomic E-state index is 13.2. The molecular formula is C20H21FN6O. The van der Waals surface area contributed by atoms with Gasteiger partial charge in [-0.3, -0.25) is 4.79 Å². The number of hydrogen-bond donors (Lipinski definition) is 3. The summed E-state index contributed by atoms with van der Waals surface area (Å²) in [5, 5.41) is 4.44. The van der Waals surface area contributed by atoms with Gasteiger partial charge in [-0.05, 0) is 43.9 Å². The molecule has 4 N–H and O–H groups in total. The van der Waals surface area contributed by atoms with Gasteiger partial charge >= 0.3 is 0 Å². The topological polar surface area (TPSA) is 99.9 Å². The Balaban J connectivity index is 1.41. The van der Waals surface area contributed by atoms with Crippen LogP contribution >= 0.6 is 0 Å². The van der Waals surface area contributed by atoms with Gasteiger partial charge in [0.15, 0.2) is 0 Å². The molecule has 5 rings (SSSR count). The van der Waals surface area contributed by atoms with Gasteiger partial charge in [0.25, 0.3) is 5.91 Å². The number of nitrogens with one attached hydrogen (secondary N) is 2. The minimum absolute atomic E-state index is 0.216. The minimum atomic E-state index is -0.492. The summed E-state index contributed by atoms with van der Waals surface area (Å²) in [6, 6.07) is 6.03. The Morgan fingerprint density at radius 3 is 2.64 bits per heavy atom. The van der Waals surface area contributed by atoms with Crippen molar-refractivity contribution in [3.8, 4) is 0 Å². The van der Waals surface area contributed by atoms with Gasteiger partial charge in [-0.15, -0.1) is 0 Å². The van der Waals surface area contributed by atoms with E-state index in [1.54, 1.807) is 12.3 Å². The molecular weight excluding hydrogens is 359 g/mol. The largest absolute Gasteiger partial charge is 0.381 e. The predicted molar refractivity (Wildman–Crippen MR) is 105 cm³/mol. The Bertz CT molecular complexity index is 1020. The van der Waals surface area contributed by atoms with Crippen LogP contribution in [0.5, 0.6) is 0 Å². The van der Waals surface area contributed by atoms with Gasteiger partial charge in [0.05, 0.1) is 17.4 Å². The molecule has 144 valence electrons. The molecule has 0 radical (unpaired) electrons. The number of H-pyrrole nitrogens is 1. The number of rotatable bonds is 4. The first-order valence-electron chi connectivity index (χ1n) is 9.52. The molecule has 8 heteroatoms. The summed E-state index contributed by atoms with van der Waals surface area (Å²) in [7, 11) is 0. The van der Waals surface area contributed by atoms with Crippen LogP contribution in [0.2, 0.25) is 0 Å². The zero-order chi connectivity index (χ0) is 19.3. The molecule has 3 aromatic heterocycles. The number of carbonyl (C=O) groups is 1. The number of amides is 1. The van der Waals surface area contributed by atoms with Crippen LogP contribution < -0.4 is 16.0 Å². The summed E-state index contributed by atoms with van der Waals surface area (Å²) in [6.45, 7) is 0. The second-order valence-corrected chi connectivity index (χ2v) is 7.59. The zero-order valence-corrected chi connectivity index (χ0v) is 15.2. The third-order valence-electron chi connectivity index (χ3n) is 5.91. The van der Waals surface area contributed by atoms with E-state index >= 15 is 0 Å². The second kappa shape index (κ2) is 6.47. The molecule has 7 nitrogen and oxygen atoms in total. The summed E-state index contributed by atoms with van der Waals surface area (Å²) >= 11 is 0. The first-order chi connectivity index (χ1) is 13.6. The van der Waals surface area contributed by atoms with Crippen LogP contribution in [0.3, 0.4) is 0 Å². The molecule has 0 spiro atoms. The molecule has 5 heterocycles. The fourth-order valence-electron chi connectivity index (χ4n) is 4.74. The normalized spacial score (nSPS) is 23.9. The number of anilines is 2. The lowest BCUT2D eigenvalue weighted by atomic mass is 9.96. The number of halogens is 1. The summed E-state index contributed by atoms with van der Waals surface area (Å²) in [5.41, 5.74) is 7.46. The van der Waals surface area contributed by atoms with Gasteiger partial charge in [0, 0.05) is 35.9 Å². The lowest BCUT2D eigenvalue weighted by Gasteiger charge is -2.40. The van der Waals surface area contributed by atoms with Crippen molar-refractivity contribution in [2.24, 2.45) is 5.73 Å². The molecule has 2 bridgehead atoms. The zero-order valence-electron chi connectivity index (χ0n) is 15.2.